The minimum atomic E-state index is -0.390. The highest BCUT2D eigenvalue weighted by Gasteiger charge is 2.21. The second-order valence-corrected chi connectivity index (χ2v) is 4.20. The predicted molar refractivity (Wildman–Crippen MR) is 58.4 cm³/mol. The van der Waals surface area contributed by atoms with Gasteiger partial charge in [0, 0.05) is 25.8 Å². The van der Waals surface area contributed by atoms with Crippen molar-refractivity contribution in [2.75, 3.05) is 20.3 Å². The van der Waals surface area contributed by atoms with Gasteiger partial charge in [-0.05, 0) is 20.3 Å². The van der Waals surface area contributed by atoms with Gasteiger partial charge in [0.05, 0.1) is 12.5 Å². The second-order valence-electron chi connectivity index (χ2n) is 4.20. The smallest absolute Gasteiger partial charge is 0.223 e. The molecule has 15 heavy (non-hydrogen) atoms. The van der Waals surface area contributed by atoms with Crippen LogP contribution in [0.4, 0.5) is 0 Å². The molecule has 0 fully saturated rings. The molecule has 0 aromatic carbocycles. The summed E-state index contributed by atoms with van der Waals surface area (Å²) in [6, 6.07) is 0. The summed E-state index contributed by atoms with van der Waals surface area (Å²) in [5.41, 5.74) is 5.02. The zero-order valence-corrected chi connectivity index (χ0v) is 9.75. The Morgan fingerprint density at radius 1 is 1.60 bits per heavy atom. The predicted octanol–water partition coefficient (Wildman–Crippen LogP) is -0.373. The molecule has 0 spiro atoms. The SMILES string of the molecule is COC(CN)CC(=O)NC(C)(C)CCO. The van der Waals surface area contributed by atoms with Crippen molar-refractivity contribution in [1.29, 1.82) is 0 Å². The molecule has 0 aromatic rings. The Balaban J connectivity index is 4.01. The molecule has 0 rings (SSSR count). The van der Waals surface area contributed by atoms with Crippen molar-refractivity contribution >= 4 is 5.91 Å². The molecule has 0 bridgehead atoms. The van der Waals surface area contributed by atoms with Crippen LogP contribution in [-0.4, -0.2) is 42.9 Å². The van der Waals surface area contributed by atoms with Gasteiger partial charge in [-0.25, -0.2) is 0 Å². The Hall–Kier alpha value is -0.650. The third kappa shape index (κ3) is 6.43. The van der Waals surface area contributed by atoms with Crippen LogP contribution in [0, 0.1) is 0 Å². The van der Waals surface area contributed by atoms with Crippen molar-refractivity contribution in [3.63, 3.8) is 0 Å². The van der Waals surface area contributed by atoms with Crippen molar-refractivity contribution in [2.45, 2.75) is 38.3 Å². The zero-order chi connectivity index (χ0) is 11.9. The van der Waals surface area contributed by atoms with Crippen LogP contribution >= 0.6 is 0 Å². The van der Waals surface area contributed by atoms with Crippen LogP contribution < -0.4 is 11.1 Å². The summed E-state index contributed by atoms with van der Waals surface area (Å²) in [4.78, 5) is 11.5. The average Bonchev–Trinajstić information content (AvgIpc) is 2.13. The average molecular weight is 218 g/mol. The van der Waals surface area contributed by atoms with E-state index >= 15 is 0 Å². The van der Waals surface area contributed by atoms with Crippen LogP contribution in [0.25, 0.3) is 0 Å². The third-order valence-corrected chi connectivity index (χ3v) is 2.22. The van der Waals surface area contributed by atoms with Crippen molar-refractivity contribution in [3.05, 3.63) is 0 Å². The molecular formula is C10H22N2O3. The standard InChI is InChI=1S/C10H22N2O3/c1-10(2,4-5-13)12-9(14)6-8(7-11)15-3/h8,13H,4-7,11H2,1-3H3,(H,12,14). The summed E-state index contributed by atoms with van der Waals surface area (Å²) >= 11 is 0. The second kappa shape index (κ2) is 6.76. The highest BCUT2D eigenvalue weighted by Crippen LogP contribution is 2.08. The van der Waals surface area contributed by atoms with Gasteiger partial charge in [-0.3, -0.25) is 4.79 Å². The summed E-state index contributed by atoms with van der Waals surface area (Å²) in [6.07, 6.45) is 0.538. The number of nitrogens with two attached hydrogens (primary N) is 1. The molecule has 0 saturated heterocycles. The number of amides is 1. The Morgan fingerprint density at radius 2 is 2.20 bits per heavy atom. The van der Waals surface area contributed by atoms with Crippen LogP contribution in [0.3, 0.4) is 0 Å². The summed E-state index contributed by atoms with van der Waals surface area (Å²) in [7, 11) is 1.53. The lowest BCUT2D eigenvalue weighted by atomic mass is 10.0. The largest absolute Gasteiger partial charge is 0.396 e. The Morgan fingerprint density at radius 3 is 2.60 bits per heavy atom. The lowest BCUT2D eigenvalue weighted by Crippen LogP contribution is -2.45. The molecule has 1 atom stereocenters. The molecule has 0 heterocycles. The molecule has 0 aliphatic heterocycles. The maximum Gasteiger partial charge on any atom is 0.223 e. The normalized spacial score (nSPS) is 13.7. The molecule has 0 aliphatic carbocycles. The van der Waals surface area contributed by atoms with Gasteiger partial charge >= 0.3 is 0 Å². The van der Waals surface area contributed by atoms with Crippen LogP contribution in [0.5, 0.6) is 0 Å². The first-order valence-corrected chi connectivity index (χ1v) is 5.10. The first-order chi connectivity index (χ1) is 6.95. The molecule has 0 radical (unpaired) electrons. The fourth-order valence-electron chi connectivity index (χ4n) is 1.24. The van der Waals surface area contributed by atoms with Crippen LogP contribution in [0.2, 0.25) is 0 Å². The number of nitrogens with one attached hydrogen (secondary N) is 1. The van der Waals surface area contributed by atoms with Crippen LogP contribution in [0.15, 0.2) is 0 Å². The molecule has 0 aliphatic rings. The summed E-state index contributed by atoms with van der Waals surface area (Å²) in [6.45, 7) is 4.11. The molecule has 5 heteroatoms. The summed E-state index contributed by atoms with van der Waals surface area (Å²) in [5.74, 6) is -0.106. The van der Waals surface area contributed by atoms with Gasteiger partial charge in [0.2, 0.25) is 5.91 Å². The highest BCUT2D eigenvalue weighted by atomic mass is 16.5. The number of carbonyl (C=O) groups excluding carboxylic acids is 1. The number of hydrogen-bond acceptors (Lipinski definition) is 4. The lowest BCUT2D eigenvalue weighted by molar-refractivity contribution is -0.125. The molecule has 1 unspecified atom stereocenters. The summed E-state index contributed by atoms with van der Waals surface area (Å²) < 4.78 is 5.01. The van der Waals surface area contributed by atoms with E-state index in [0.29, 0.717) is 13.0 Å². The van der Waals surface area contributed by atoms with E-state index in [1.807, 2.05) is 13.8 Å². The van der Waals surface area contributed by atoms with E-state index in [1.54, 1.807) is 0 Å². The van der Waals surface area contributed by atoms with Gasteiger partial charge < -0.3 is 20.9 Å². The Kier molecular flexibility index (Phi) is 6.47. The lowest BCUT2D eigenvalue weighted by Gasteiger charge is -2.26. The van der Waals surface area contributed by atoms with E-state index < -0.39 is 5.54 Å². The molecule has 0 saturated carbocycles. The van der Waals surface area contributed by atoms with E-state index in [4.69, 9.17) is 15.6 Å². The van der Waals surface area contributed by atoms with Crippen molar-refractivity contribution in [2.24, 2.45) is 5.73 Å². The molecule has 1 amide bonds. The number of ether oxygens (including phenoxy) is 1. The maximum atomic E-state index is 11.5. The van der Waals surface area contributed by atoms with E-state index in [9.17, 15) is 4.79 Å². The Bertz CT molecular complexity index is 191. The van der Waals surface area contributed by atoms with Crippen molar-refractivity contribution < 1.29 is 14.6 Å². The van der Waals surface area contributed by atoms with Crippen molar-refractivity contribution in [3.8, 4) is 0 Å². The minimum absolute atomic E-state index is 0.0534. The first kappa shape index (κ1) is 14.3. The van der Waals surface area contributed by atoms with E-state index in [2.05, 4.69) is 5.32 Å². The number of carbonyl (C=O) groups is 1. The molecular weight excluding hydrogens is 196 g/mol. The number of aliphatic hydroxyl groups excluding tert-OH is 1. The van der Waals surface area contributed by atoms with Gasteiger partial charge in [0.1, 0.15) is 0 Å². The molecule has 5 nitrogen and oxygen atoms in total. The monoisotopic (exact) mass is 218 g/mol. The fourth-order valence-corrected chi connectivity index (χ4v) is 1.24. The van der Waals surface area contributed by atoms with Crippen LogP contribution in [-0.2, 0) is 9.53 Å². The minimum Gasteiger partial charge on any atom is -0.396 e. The summed E-state index contributed by atoms with van der Waals surface area (Å²) in [5, 5.41) is 11.6. The molecule has 0 aromatic heterocycles. The number of methoxy groups -OCH3 is 1. The topological polar surface area (TPSA) is 84.6 Å². The first-order valence-electron chi connectivity index (χ1n) is 5.10. The van der Waals surface area contributed by atoms with Crippen LogP contribution in [0.1, 0.15) is 26.7 Å². The van der Waals surface area contributed by atoms with Crippen molar-refractivity contribution in [1.82, 2.24) is 5.32 Å². The van der Waals surface area contributed by atoms with E-state index in [0.717, 1.165) is 0 Å². The fraction of sp³-hybridized carbons (Fsp3) is 0.900. The number of aliphatic hydroxyl groups is 1. The van der Waals surface area contributed by atoms with E-state index in [-0.39, 0.29) is 25.0 Å². The zero-order valence-electron chi connectivity index (χ0n) is 9.75. The highest BCUT2D eigenvalue weighted by molar-refractivity contribution is 5.77. The molecule has 4 N–H and O–H groups in total. The number of hydrogen-bond donors (Lipinski definition) is 3. The van der Waals surface area contributed by atoms with Gasteiger partial charge in [-0.1, -0.05) is 0 Å². The van der Waals surface area contributed by atoms with Gasteiger partial charge in [0.25, 0.3) is 0 Å². The maximum absolute atomic E-state index is 11.5. The molecule has 90 valence electrons. The van der Waals surface area contributed by atoms with E-state index in [1.165, 1.54) is 7.11 Å². The van der Waals surface area contributed by atoms with Gasteiger partial charge in [-0.15, -0.1) is 0 Å². The quantitative estimate of drug-likeness (QED) is 0.544. The number of rotatable bonds is 7. The third-order valence-electron chi connectivity index (χ3n) is 2.22. The van der Waals surface area contributed by atoms with Gasteiger partial charge in [0.15, 0.2) is 0 Å². The Labute approximate surface area is 91.0 Å². The van der Waals surface area contributed by atoms with Gasteiger partial charge in [-0.2, -0.15) is 0 Å².